The number of carbonyl (C=O) groups excluding carboxylic acids is 2. The van der Waals surface area contributed by atoms with Crippen molar-refractivity contribution in [2.45, 2.75) is 44.3 Å². The smallest absolute Gasteiger partial charge is 0.354 e. The molecule has 3 amide bonds. The third kappa shape index (κ3) is 6.14. The van der Waals surface area contributed by atoms with Gasteiger partial charge in [0.25, 0.3) is 0 Å². The molecule has 12 nitrogen and oxygen atoms in total. The van der Waals surface area contributed by atoms with Crippen molar-refractivity contribution in [1.29, 1.82) is 0 Å². The SMILES string of the molecule is NC1CC2(CCN(Cc3ccc(-n4ccc(NC(=O)N5CCN(C(=O)C(N)CO)CC5)nc4=O)cc3)CC2)C1. The zero-order valence-corrected chi connectivity index (χ0v) is 22.2. The van der Waals surface area contributed by atoms with Crippen molar-refractivity contribution in [3.05, 3.63) is 52.6 Å². The summed E-state index contributed by atoms with van der Waals surface area (Å²) in [6, 6.07) is 8.54. The number of aliphatic hydroxyl groups is 1. The van der Waals surface area contributed by atoms with Crippen molar-refractivity contribution in [1.82, 2.24) is 24.3 Å². The number of hydrogen-bond donors (Lipinski definition) is 4. The number of likely N-dealkylation sites (tertiary alicyclic amines) is 1. The molecule has 1 aliphatic carbocycles. The number of urea groups is 1. The Morgan fingerprint density at radius 1 is 1.03 bits per heavy atom. The molecule has 2 aromatic rings. The van der Waals surface area contributed by atoms with Crippen LogP contribution in [-0.4, -0.2) is 99.3 Å². The Balaban J connectivity index is 1.12. The van der Waals surface area contributed by atoms with E-state index in [9.17, 15) is 14.4 Å². The summed E-state index contributed by atoms with van der Waals surface area (Å²) in [5.74, 6) is -0.177. The second kappa shape index (κ2) is 11.4. The van der Waals surface area contributed by atoms with Crippen LogP contribution in [0.2, 0.25) is 0 Å². The molecule has 6 N–H and O–H groups in total. The third-order valence-electron chi connectivity index (χ3n) is 8.36. The molecule has 2 aliphatic heterocycles. The molecule has 1 aromatic carbocycles. The van der Waals surface area contributed by atoms with Crippen LogP contribution in [0.3, 0.4) is 0 Å². The van der Waals surface area contributed by atoms with Gasteiger partial charge in [-0.25, -0.2) is 9.59 Å². The standard InChI is InChI=1S/C27H38N8O4/c28-20-15-27(16-20)6-9-32(10-7-27)17-19-1-3-21(4-2-19)35-8-5-23(31-26(35)39)30-25(38)34-13-11-33(12-14-34)24(37)22(29)18-36/h1-5,8,20,22,36H,6-7,9-18,28-29H2,(H,30,31,38,39). The van der Waals surface area contributed by atoms with Gasteiger partial charge in [0, 0.05) is 45.0 Å². The maximum absolute atomic E-state index is 12.7. The fraction of sp³-hybridized carbons (Fsp3) is 0.556. The zero-order chi connectivity index (χ0) is 27.6. The molecule has 1 saturated carbocycles. The third-order valence-corrected chi connectivity index (χ3v) is 8.36. The number of hydrogen-bond acceptors (Lipinski definition) is 8. The fourth-order valence-corrected chi connectivity index (χ4v) is 5.97. The van der Waals surface area contributed by atoms with Gasteiger partial charge in [-0.2, -0.15) is 4.98 Å². The van der Waals surface area contributed by atoms with E-state index in [2.05, 4.69) is 15.2 Å². The molecule has 1 spiro atoms. The monoisotopic (exact) mass is 538 g/mol. The molecule has 12 heteroatoms. The number of piperidine rings is 1. The van der Waals surface area contributed by atoms with Crippen LogP contribution >= 0.6 is 0 Å². The minimum absolute atomic E-state index is 0.161. The Morgan fingerprint density at radius 2 is 1.67 bits per heavy atom. The van der Waals surface area contributed by atoms with E-state index >= 15 is 0 Å². The molecular weight excluding hydrogens is 500 g/mol. The molecular formula is C27H38N8O4. The molecule has 1 atom stereocenters. The predicted octanol–water partition coefficient (Wildman–Crippen LogP) is -0.0685. The molecule has 210 valence electrons. The van der Waals surface area contributed by atoms with Crippen LogP contribution in [0.25, 0.3) is 5.69 Å². The van der Waals surface area contributed by atoms with Crippen molar-refractivity contribution >= 4 is 17.8 Å². The highest BCUT2D eigenvalue weighted by Gasteiger charge is 2.44. The van der Waals surface area contributed by atoms with Crippen LogP contribution in [0.4, 0.5) is 10.6 Å². The predicted molar refractivity (Wildman–Crippen MR) is 146 cm³/mol. The van der Waals surface area contributed by atoms with Gasteiger partial charge in [-0.3, -0.25) is 19.6 Å². The average molecular weight is 539 g/mol. The topological polar surface area (TPSA) is 163 Å². The van der Waals surface area contributed by atoms with Gasteiger partial charge >= 0.3 is 11.7 Å². The van der Waals surface area contributed by atoms with Gasteiger partial charge in [-0.1, -0.05) is 12.1 Å². The first kappa shape index (κ1) is 27.3. The lowest BCUT2D eigenvalue weighted by Gasteiger charge is -2.51. The van der Waals surface area contributed by atoms with Gasteiger partial charge in [-0.05, 0) is 68.0 Å². The molecule has 39 heavy (non-hydrogen) atoms. The average Bonchev–Trinajstić information content (AvgIpc) is 2.93. The highest BCUT2D eigenvalue weighted by Crippen LogP contribution is 2.48. The highest BCUT2D eigenvalue weighted by atomic mass is 16.3. The molecule has 1 unspecified atom stereocenters. The Bertz CT molecular complexity index is 1230. The van der Waals surface area contributed by atoms with E-state index in [1.165, 1.54) is 40.7 Å². The summed E-state index contributed by atoms with van der Waals surface area (Å²) >= 11 is 0. The molecule has 0 bridgehead atoms. The largest absolute Gasteiger partial charge is 0.394 e. The van der Waals surface area contributed by atoms with Gasteiger partial charge in [0.1, 0.15) is 11.9 Å². The maximum Gasteiger partial charge on any atom is 0.354 e. The lowest BCUT2D eigenvalue weighted by Crippen LogP contribution is -2.55. The molecule has 1 aromatic heterocycles. The number of nitrogens with two attached hydrogens (primary N) is 2. The number of nitrogens with zero attached hydrogens (tertiary/aromatic N) is 5. The number of aliphatic hydroxyl groups excluding tert-OH is 1. The van der Waals surface area contributed by atoms with Crippen LogP contribution in [0.1, 0.15) is 31.2 Å². The maximum atomic E-state index is 12.7. The normalized spacial score (nSPS) is 20.5. The lowest BCUT2D eigenvalue weighted by atomic mass is 9.61. The van der Waals surface area contributed by atoms with Gasteiger partial charge in [-0.15, -0.1) is 0 Å². The Kier molecular flexibility index (Phi) is 7.98. The van der Waals surface area contributed by atoms with E-state index in [1.54, 1.807) is 17.2 Å². The Morgan fingerprint density at radius 3 is 2.26 bits per heavy atom. The van der Waals surface area contributed by atoms with Crippen LogP contribution in [-0.2, 0) is 11.3 Å². The number of carbonyl (C=O) groups is 2. The summed E-state index contributed by atoms with van der Waals surface area (Å²) in [4.78, 5) is 47.1. The number of amides is 3. The van der Waals surface area contributed by atoms with Crippen LogP contribution in [0.15, 0.2) is 41.3 Å². The summed E-state index contributed by atoms with van der Waals surface area (Å²) in [6.07, 6.45) is 6.37. The number of anilines is 1. The molecule has 2 saturated heterocycles. The number of nitrogens with one attached hydrogen (secondary N) is 1. The van der Waals surface area contributed by atoms with Crippen molar-refractivity contribution in [3.8, 4) is 5.69 Å². The van der Waals surface area contributed by atoms with Gasteiger partial charge < -0.3 is 26.4 Å². The van der Waals surface area contributed by atoms with Crippen molar-refractivity contribution < 1.29 is 14.7 Å². The molecule has 3 heterocycles. The van der Waals surface area contributed by atoms with E-state index in [0.29, 0.717) is 43.3 Å². The van der Waals surface area contributed by atoms with Gasteiger partial charge in [0.05, 0.1) is 12.3 Å². The van der Waals surface area contributed by atoms with E-state index in [-0.39, 0.29) is 11.7 Å². The van der Waals surface area contributed by atoms with Gasteiger partial charge in [0.15, 0.2) is 0 Å². The summed E-state index contributed by atoms with van der Waals surface area (Å²) in [6.45, 7) is 3.91. The van der Waals surface area contributed by atoms with E-state index < -0.39 is 24.4 Å². The second-order valence-electron chi connectivity index (χ2n) is 11.1. The zero-order valence-electron chi connectivity index (χ0n) is 22.2. The quantitative estimate of drug-likeness (QED) is 0.397. The first-order valence-corrected chi connectivity index (χ1v) is 13.6. The van der Waals surface area contributed by atoms with Gasteiger partial charge in [0.2, 0.25) is 5.91 Å². The van der Waals surface area contributed by atoms with Crippen molar-refractivity contribution in [3.63, 3.8) is 0 Å². The fourth-order valence-electron chi connectivity index (χ4n) is 5.97. The summed E-state index contributed by atoms with van der Waals surface area (Å²) in [7, 11) is 0. The lowest BCUT2D eigenvalue weighted by molar-refractivity contribution is -0.134. The van der Waals surface area contributed by atoms with Crippen molar-refractivity contribution in [2.24, 2.45) is 16.9 Å². The van der Waals surface area contributed by atoms with Crippen molar-refractivity contribution in [2.75, 3.05) is 51.2 Å². The Labute approximate surface area is 227 Å². The van der Waals surface area contributed by atoms with Crippen LogP contribution in [0, 0.1) is 5.41 Å². The molecule has 0 radical (unpaired) electrons. The molecule has 5 rings (SSSR count). The molecule has 3 aliphatic rings. The highest BCUT2D eigenvalue weighted by molar-refractivity contribution is 5.88. The van der Waals surface area contributed by atoms with Crippen LogP contribution < -0.4 is 22.5 Å². The van der Waals surface area contributed by atoms with E-state index in [1.807, 2.05) is 24.3 Å². The first-order valence-electron chi connectivity index (χ1n) is 13.6. The minimum atomic E-state index is -0.952. The summed E-state index contributed by atoms with van der Waals surface area (Å²) < 4.78 is 1.44. The minimum Gasteiger partial charge on any atom is -0.394 e. The number of benzene rings is 1. The number of piperazine rings is 1. The summed E-state index contributed by atoms with van der Waals surface area (Å²) in [5, 5.41) is 11.7. The Hall–Kier alpha value is -3.32. The van der Waals surface area contributed by atoms with Crippen LogP contribution in [0.5, 0.6) is 0 Å². The first-order chi connectivity index (χ1) is 18.7. The molecule has 3 fully saturated rings. The summed E-state index contributed by atoms with van der Waals surface area (Å²) in [5.41, 5.74) is 13.5. The van der Waals surface area contributed by atoms with E-state index in [4.69, 9.17) is 16.6 Å². The second-order valence-corrected chi connectivity index (χ2v) is 11.1. The van der Waals surface area contributed by atoms with E-state index in [0.717, 1.165) is 19.6 Å². The number of aromatic nitrogens is 2. The number of rotatable bonds is 6.